The van der Waals surface area contributed by atoms with Gasteiger partial charge >= 0.3 is 0 Å². The zero-order valence-corrected chi connectivity index (χ0v) is 15.4. The number of benzene rings is 2. The molecule has 1 amide bonds. The highest BCUT2D eigenvalue weighted by Gasteiger charge is 2.25. The fourth-order valence-corrected chi connectivity index (χ4v) is 3.43. The summed E-state index contributed by atoms with van der Waals surface area (Å²) in [4.78, 5) is 17.0. The molecule has 0 spiro atoms. The number of para-hydroxylation sites is 1. The standard InChI is InChI=1S/C20H17Cl2N3O/c21-13-8-9-17(15(22)10-13)24-19-11-18(25-20(26)12-4-3-5-12)14-6-1-2-7-16(14)23-19/h1-2,6-12H,3-5H2,(H2,23,24,25,26). The van der Waals surface area contributed by atoms with Crippen molar-refractivity contribution in [1.29, 1.82) is 0 Å². The number of carbonyl (C=O) groups is 1. The molecule has 0 saturated heterocycles. The number of halogens is 2. The molecule has 4 nitrogen and oxygen atoms in total. The Morgan fingerprint density at radius 3 is 2.58 bits per heavy atom. The minimum absolute atomic E-state index is 0.0723. The highest BCUT2D eigenvalue weighted by atomic mass is 35.5. The third-order valence-electron chi connectivity index (χ3n) is 4.64. The first-order valence-electron chi connectivity index (χ1n) is 8.53. The van der Waals surface area contributed by atoms with Crippen LogP contribution in [0, 0.1) is 5.92 Å². The highest BCUT2D eigenvalue weighted by Crippen LogP contribution is 2.32. The van der Waals surface area contributed by atoms with Crippen molar-refractivity contribution >= 4 is 57.2 Å². The fraction of sp³-hybridized carbons (Fsp3) is 0.200. The third-order valence-corrected chi connectivity index (χ3v) is 5.19. The Morgan fingerprint density at radius 1 is 1.04 bits per heavy atom. The number of carbonyl (C=O) groups excluding carboxylic acids is 1. The molecule has 1 fully saturated rings. The SMILES string of the molecule is O=C(Nc1cc(Nc2ccc(Cl)cc2Cl)nc2ccccc12)C1CCC1. The lowest BCUT2D eigenvalue weighted by atomic mass is 9.85. The lowest BCUT2D eigenvalue weighted by Gasteiger charge is -2.24. The van der Waals surface area contributed by atoms with Crippen LogP contribution >= 0.6 is 23.2 Å². The van der Waals surface area contributed by atoms with E-state index >= 15 is 0 Å². The lowest BCUT2D eigenvalue weighted by molar-refractivity contribution is -0.122. The van der Waals surface area contributed by atoms with E-state index in [0.29, 0.717) is 21.6 Å². The molecule has 0 aliphatic heterocycles. The van der Waals surface area contributed by atoms with Crippen LogP contribution < -0.4 is 10.6 Å². The highest BCUT2D eigenvalue weighted by molar-refractivity contribution is 6.36. The number of fused-ring (bicyclic) bond motifs is 1. The third kappa shape index (κ3) is 3.48. The Bertz CT molecular complexity index is 986. The largest absolute Gasteiger partial charge is 0.339 e. The van der Waals surface area contributed by atoms with E-state index in [2.05, 4.69) is 15.6 Å². The summed E-state index contributed by atoms with van der Waals surface area (Å²) in [5.74, 6) is 0.795. The molecule has 3 aromatic rings. The molecule has 4 rings (SSSR count). The second kappa shape index (κ2) is 7.14. The zero-order valence-electron chi connectivity index (χ0n) is 13.9. The van der Waals surface area contributed by atoms with E-state index in [4.69, 9.17) is 23.2 Å². The van der Waals surface area contributed by atoms with Crippen molar-refractivity contribution in [3.8, 4) is 0 Å². The van der Waals surface area contributed by atoms with Crippen molar-refractivity contribution in [2.24, 2.45) is 5.92 Å². The minimum atomic E-state index is 0.0723. The minimum Gasteiger partial charge on any atom is -0.339 e. The first-order valence-corrected chi connectivity index (χ1v) is 9.28. The van der Waals surface area contributed by atoms with Crippen LogP contribution in [0.1, 0.15) is 19.3 Å². The Labute approximate surface area is 161 Å². The van der Waals surface area contributed by atoms with E-state index in [1.165, 1.54) is 0 Å². The van der Waals surface area contributed by atoms with Gasteiger partial charge in [-0.3, -0.25) is 4.79 Å². The van der Waals surface area contributed by atoms with Crippen LogP contribution in [-0.4, -0.2) is 10.9 Å². The molecule has 2 aromatic carbocycles. The van der Waals surface area contributed by atoms with Crippen molar-refractivity contribution in [1.82, 2.24) is 4.98 Å². The van der Waals surface area contributed by atoms with E-state index in [-0.39, 0.29) is 11.8 Å². The van der Waals surface area contributed by atoms with Gasteiger partial charge in [0.15, 0.2) is 0 Å². The number of aromatic nitrogens is 1. The van der Waals surface area contributed by atoms with Gasteiger partial charge in [-0.15, -0.1) is 0 Å². The molecular weight excluding hydrogens is 369 g/mol. The number of anilines is 3. The molecule has 6 heteroatoms. The normalized spacial score (nSPS) is 14.1. The van der Waals surface area contributed by atoms with Gasteiger partial charge in [-0.1, -0.05) is 47.8 Å². The molecule has 2 N–H and O–H groups in total. The van der Waals surface area contributed by atoms with Crippen LogP contribution in [0.4, 0.5) is 17.2 Å². The summed E-state index contributed by atoms with van der Waals surface area (Å²) in [5.41, 5.74) is 2.25. The molecule has 1 heterocycles. The van der Waals surface area contributed by atoms with Crippen molar-refractivity contribution in [2.75, 3.05) is 10.6 Å². The van der Waals surface area contributed by atoms with Crippen molar-refractivity contribution < 1.29 is 4.79 Å². The molecule has 0 bridgehead atoms. The van der Waals surface area contributed by atoms with Gasteiger partial charge in [0, 0.05) is 22.4 Å². The number of nitrogens with zero attached hydrogens (tertiary/aromatic N) is 1. The van der Waals surface area contributed by atoms with Crippen LogP contribution in [0.3, 0.4) is 0 Å². The van der Waals surface area contributed by atoms with Gasteiger partial charge in [0.1, 0.15) is 5.82 Å². The molecular formula is C20H17Cl2N3O. The van der Waals surface area contributed by atoms with E-state index in [1.807, 2.05) is 30.3 Å². The molecule has 1 aliphatic carbocycles. The smallest absolute Gasteiger partial charge is 0.227 e. The van der Waals surface area contributed by atoms with E-state index in [9.17, 15) is 4.79 Å². The topological polar surface area (TPSA) is 54.0 Å². The van der Waals surface area contributed by atoms with Crippen LogP contribution in [0.2, 0.25) is 10.0 Å². The van der Waals surface area contributed by atoms with Crippen molar-refractivity contribution in [3.05, 3.63) is 58.6 Å². The predicted molar refractivity (Wildman–Crippen MR) is 107 cm³/mol. The Kier molecular flexibility index (Phi) is 4.70. The second-order valence-electron chi connectivity index (χ2n) is 6.44. The summed E-state index contributed by atoms with van der Waals surface area (Å²) in [6, 6.07) is 14.8. The molecule has 1 aliphatic rings. The van der Waals surface area contributed by atoms with Gasteiger partial charge in [0.2, 0.25) is 5.91 Å². The van der Waals surface area contributed by atoms with Crippen LogP contribution in [0.5, 0.6) is 0 Å². The molecule has 1 saturated carbocycles. The molecule has 0 radical (unpaired) electrons. The number of nitrogens with one attached hydrogen (secondary N) is 2. The predicted octanol–water partition coefficient (Wildman–Crippen LogP) is 6.02. The summed E-state index contributed by atoms with van der Waals surface area (Å²) < 4.78 is 0. The van der Waals surface area contributed by atoms with Gasteiger partial charge in [-0.2, -0.15) is 0 Å². The second-order valence-corrected chi connectivity index (χ2v) is 7.28. The fourth-order valence-electron chi connectivity index (χ4n) is 2.98. The van der Waals surface area contributed by atoms with Gasteiger partial charge in [-0.05, 0) is 37.1 Å². The number of pyridine rings is 1. The van der Waals surface area contributed by atoms with Crippen LogP contribution in [-0.2, 0) is 4.79 Å². The molecule has 132 valence electrons. The molecule has 0 atom stereocenters. The van der Waals surface area contributed by atoms with Gasteiger partial charge in [0.05, 0.1) is 21.9 Å². The summed E-state index contributed by atoms with van der Waals surface area (Å²) >= 11 is 12.2. The summed E-state index contributed by atoms with van der Waals surface area (Å²) in [6.45, 7) is 0. The van der Waals surface area contributed by atoms with E-state index in [1.54, 1.807) is 18.2 Å². The molecule has 1 aromatic heterocycles. The number of rotatable bonds is 4. The quantitative estimate of drug-likeness (QED) is 0.576. The summed E-state index contributed by atoms with van der Waals surface area (Å²) in [7, 11) is 0. The summed E-state index contributed by atoms with van der Waals surface area (Å²) in [6.07, 6.45) is 3.04. The zero-order chi connectivity index (χ0) is 18.1. The Balaban J connectivity index is 1.69. The average Bonchev–Trinajstić information content (AvgIpc) is 2.56. The first-order chi connectivity index (χ1) is 12.6. The van der Waals surface area contributed by atoms with Gasteiger partial charge in [0.25, 0.3) is 0 Å². The van der Waals surface area contributed by atoms with Gasteiger partial charge in [-0.25, -0.2) is 4.98 Å². The lowest BCUT2D eigenvalue weighted by Crippen LogP contribution is -2.28. The number of hydrogen-bond donors (Lipinski definition) is 2. The Hall–Kier alpha value is -2.30. The van der Waals surface area contributed by atoms with Crippen LogP contribution in [0.25, 0.3) is 10.9 Å². The molecule has 26 heavy (non-hydrogen) atoms. The van der Waals surface area contributed by atoms with Crippen molar-refractivity contribution in [3.63, 3.8) is 0 Å². The monoisotopic (exact) mass is 385 g/mol. The number of amides is 1. The Morgan fingerprint density at radius 2 is 1.85 bits per heavy atom. The summed E-state index contributed by atoms with van der Waals surface area (Å²) in [5, 5.41) is 8.26. The number of hydrogen-bond acceptors (Lipinski definition) is 3. The first kappa shape index (κ1) is 17.1. The van der Waals surface area contributed by atoms with E-state index < -0.39 is 0 Å². The maximum Gasteiger partial charge on any atom is 0.227 e. The average molecular weight is 386 g/mol. The maximum absolute atomic E-state index is 12.4. The van der Waals surface area contributed by atoms with E-state index in [0.717, 1.165) is 35.9 Å². The van der Waals surface area contributed by atoms with Gasteiger partial charge < -0.3 is 10.6 Å². The van der Waals surface area contributed by atoms with Crippen molar-refractivity contribution in [2.45, 2.75) is 19.3 Å². The molecule has 0 unspecified atom stereocenters. The maximum atomic E-state index is 12.4. The van der Waals surface area contributed by atoms with Crippen LogP contribution in [0.15, 0.2) is 48.5 Å².